The molecule has 0 saturated carbocycles. The molecule has 0 radical (unpaired) electrons. The van der Waals surface area contributed by atoms with Crippen molar-refractivity contribution in [3.8, 4) is 56.4 Å². The molecule has 262 valence electrons. The van der Waals surface area contributed by atoms with E-state index in [1.54, 1.807) is 0 Å². The third kappa shape index (κ3) is 5.15. The molecule has 0 atom stereocenters. The van der Waals surface area contributed by atoms with Crippen LogP contribution in [0.3, 0.4) is 0 Å². The second kappa shape index (κ2) is 13.1. The highest BCUT2D eigenvalue weighted by Gasteiger charge is 2.22. The van der Waals surface area contributed by atoms with Gasteiger partial charge in [0, 0.05) is 22.5 Å². The molecule has 0 unspecified atom stereocenters. The number of benzene rings is 9. The lowest BCUT2D eigenvalue weighted by molar-refractivity contribution is 1.10. The molecule has 0 fully saturated rings. The number of rotatable bonds is 6. The first-order valence-electron chi connectivity index (χ1n) is 19.0. The van der Waals surface area contributed by atoms with E-state index in [1.807, 2.05) is 0 Å². The molecule has 0 aliphatic rings. The Hall–Kier alpha value is -7.56. The van der Waals surface area contributed by atoms with Crippen LogP contribution >= 0.6 is 0 Å². The maximum Gasteiger partial charge on any atom is 0.145 e. The van der Waals surface area contributed by atoms with E-state index in [0.29, 0.717) is 0 Å². The molecule has 11 aromatic rings. The van der Waals surface area contributed by atoms with Gasteiger partial charge in [-0.15, -0.1) is 0 Å². The molecular weight excluding hydrogens is 681 g/mol. The molecule has 4 nitrogen and oxygen atoms in total. The Bertz CT molecular complexity index is 3000. The average Bonchev–Trinajstić information content (AvgIpc) is 3.86. The standard InChI is InChI=1S/C52H34N4/c1-5-17-35(18-6-1)49-41-31-29-40(56-48-28-16-14-26-46(48)54-52(56)38-23-11-4-12-24-38)34-44(41)50(36-19-7-2-8-20-36)42-32-30-39(33-43(42)49)55-47-27-15-13-25-45(47)53-51(55)37-21-9-3-10-22-37/h1-34H. The minimum Gasteiger partial charge on any atom is -0.292 e. The van der Waals surface area contributed by atoms with Gasteiger partial charge in [0.15, 0.2) is 0 Å². The molecule has 0 aliphatic carbocycles. The summed E-state index contributed by atoms with van der Waals surface area (Å²) in [6, 6.07) is 73.4. The second-order valence-electron chi connectivity index (χ2n) is 14.2. The molecule has 56 heavy (non-hydrogen) atoms. The van der Waals surface area contributed by atoms with E-state index in [-0.39, 0.29) is 0 Å². The SMILES string of the molecule is c1ccc(-c2c3ccc(-n4c(-c5ccccc5)nc5ccccc54)cc3c(-c3ccccc3)c3ccc(-n4c(-c5ccccc5)nc5ccccc54)cc23)cc1. The van der Waals surface area contributed by atoms with Gasteiger partial charge < -0.3 is 0 Å². The maximum absolute atomic E-state index is 5.18. The highest BCUT2D eigenvalue weighted by atomic mass is 15.1. The molecule has 0 aliphatic heterocycles. The zero-order chi connectivity index (χ0) is 37.0. The number of nitrogens with zero attached hydrogens (tertiary/aromatic N) is 4. The van der Waals surface area contributed by atoms with Gasteiger partial charge in [-0.25, -0.2) is 9.97 Å². The van der Waals surface area contributed by atoms with Crippen LogP contribution in [0.25, 0.3) is 100 Å². The third-order valence-electron chi connectivity index (χ3n) is 10.9. The molecular formula is C52H34N4. The van der Waals surface area contributed by atoms with Crippen LogP contribution in [-0.2, 0) is 0 Å². The van der Waals surface area contributed by atoms with Gasteiger partial charge in [-0.2, -0.15) is 0 Å². The van der Waals surface area contributed by atoms with Crippen LogP contribution in [0.15, 0.2) is 206 Å². The van der Waals surface area contributed by atoms with Crippen LogP contribution in [0.4, 0.5) is 0 Å². The van der Waals surface area contributed by atoms with Gasteiger partial charge in [-0.3, -0.25) is 9.13 Å². The van der Waals surface area contributed by atoms with Crippen molar-refractivity contribution >= 4 is 43.6 Å². The van der Waals surface area contributed by atoms with Crippen LogP contribution < -0.4 is 0 Å². The highest BCUT2D eigenvalue weighted by Crippen LogP contribution is 2.46. The Morgan fingerprint density at radius 1 is 0.286 bits per heavy atom. The van der Waals surface area contributed by atoms with Gasteiger partial charge in [-0.1, -0.05) is 158 Å². The molecule has 4 heteroatoms. The van der Waals surface area contributed by atoms with Crippen LogP contribution in [0.1, 0.15) is 0 Å². The zero-order valence-corrected chi connectivity index (χ0v) is 30.4. The molecule has 0 amide bonds. The highest BCUT2D eigenvalue weighted by molar-refractivity contribution is 6.22. The lowest BCUT2D eigenvalue weighted by atomic mass is 9.85. The normalized spacial score (nSPS) is 11.6. The molecule has 0 spiro atoms. The van der Waals surface area contributed by atoms with Crippen molar-refractivity contribution in [2.75, 3.05) is 0 Å². The number of para-hydroxylation sites is 4. The topological polar surface area (TPSA) is 35.6 Å². The molecule has 0 bridgehead atoms. The van der Waals surface area contributed by atoms with E-state index in [1.165, 1.54) is 43.8 Å². The Kier molecular flexibility index (Phi) is 7.46. The fourth-order valence-electron chi connectivity index (χ4n) is 8.45. The zero-order valence-electron chi connectivity index (χ0n) is 30.4. The first-order valence-corrected chi connectivity index (χ1v) is 19.0. The van der Waals surface area contributed by atoms with Crippen molar-refractivity contribution in [1.82, 2.24) is 19.1 Å². The van der Waals surface area contributed by atoms with Gasteiger partial charge in [0.25, 0.3) is 0 Å². The van der Waals surface area contributed by atoms with Crippen molar-refractivity contribution < 1.29 is 0 Å². The number of hydrogen-bond donors (Lipinski definition) is 0. The predicted octanol–water partition coefficient (Wildman–Crippen LogP) is 13.3. The van der Waals surface area contributed by atoms with E-state index in [0.717, 1.165) is 56.2 Å². The predicted molar refractivity (Wildman–Crippen MR) is 232 cm³/mol. The quantitative estimate of drug-likeness (QED) is 0.161. The summed E-state index contributed by atoms with van der Waals surface area (Å²) in [7, 11) is 0. The number of hydrogen-bond acceptors (Lipinski definition) is 2. The lowest BCUT2D eigenvalue weighted by Gasteiger charge is -2.20. The largest absolute Gasteiger partial charge is 0.292 e. The summed E-state index contributed by atoms with van der Waals surface area (Å²) in [5.41, 5.74) is 13.1. The summed E-state index contributed by atoms with van der Waals surface area (Å²) in [6.07, 6.45) is 0. The number of aromatic nitrogens is 4. The molecule has 0 saturated heterocycles. The van der Waals surface area contributed by atoms with Gasteiger partial charge in [0.05, 0.1) is 22.1 Å². The van der Waals surface area contributed by atoms with E-state index >= 15 is 0 Å². The summed E-state index contributed by atoms with van der Waals surface area (Å²) in [5.74, 6) is 1.84. The van der Waals surface area contributed by atoms with Crippen LogP contribution in [0.2, 0.25) is 0 Å². The maximum atomic E-state index is 5.18. The summed E-state index contributed by atoms with van der Waals surface area (Å²) in [6.45, 7) is 0. The first-order chi connectivity index (χ1) is 27.8. The molecule has 2 aromatic heterocycles. The molecule has 9 aromatic carbocycles. The summed E-state index contributed by atoms with van der Waals surface area (Å²) in [4.78, 5) is 10.4. The van der Waals surface area contributed by atoms with Crippen LogP contribution in [0.5, 0.6) is 0 Å². The number of imidazole rings is 2. The smallest absolute Gasteiger partial charge is 0.145 e. The van der Waals surface area contributed by atoms with Crippen molar-refractivity contribution in [2.24, 2.45) is 0 Å². The van der Waals surface area contributed by atoms with Crippen LogP contribution in [-0.4, -0.2) is 19.1 Å². The lowest BCUT2D eigenvalue weighted by Crippen LogP contribution is -2.00. The fraction of sp³-hybridized carbons (Fsp3) is 0. The van der Waals surface area contributed by atoms with E-state index in [4.69, 9.17) is 9.97 Å². The monoisotopic (exact) mass is 714 g/mol. The van der Waals surface area contributed by atoms with Crippen LogP contribution in [0, 0.1) is 0 Å². The average molecular weight is 715 g/mol. The van der Waals surface area contributed by atoms with E-state index in [9.17, 15) is 0 Å². The molecule has 11 rings (SSSR count). The molecule has 0 N–H and O–H groups in total. The Labute approximate surface area is 324 Å². The fourth-order valence-corrected chi connectivity index (χ4v) is 8.45. The minimum atomic E-state index is 0.919. The van der Waals surface area contributed by atoms with Gasteiger partial charge in [0.2, 0.25) is 0 Å². The van der Waals surface area contributed by atoms with Crippen molar-refractivity contribution in [3.05, 3.63) is 206 Å². The van der Waals surface area contributed by atoms with E-state index in [2.05, 4.69) is 215 Å². The summed E-state index contributed by atoms with van der Waals surface area (Å²) < 4.78 is 4.62. The second-order valence-corrected chi connectivity index (χ2v) is 14.2. The Balaban J connectivity index is 1.25. The van der Waals surface area contributed by atoms with Gasteiger partial charge in [-0.05, 0) is 92.3 Å². The number of fused-ring (bicyclic) bond motifs is 4. The third-order valence-corrected chi connectivity index (χ3v) is 10.9. The van der Waals surface area contributed by atoms with Gasteiger partial charge >= 0.3 is 0 Å². The summed E-state index contributed by atoms with van der Waals surface area (Å²) in [5, 5.41) is 4.74. The van der Waals surface area contributed by atoms with Crippen molar-refractivity contribution in [2.45, 2.75) is 0 Å². The molecule has 2 heterocycles. The van der Waals surface area contributed by atoms with Crippen molar-refractivity contribution in [3.63, 3.8) is 0 Å². The summed E-state index contributed by atoms with van der Waals surface area (Å²) >= 11 is 0. The Morgan fingerprint density at radius 2 is 0.625 bits per heavy atom. The van der Waals surface area contributed by atoms with Gasteiger partial charge in [0.1, 0.15) is 11.6 Å². The van der Waals surface area contributed by atoms with E-state index < -0.39 is 0 Å². The Morgan fingerprint density at radius 3 is 1.02 bits per heavy atom. The van der Waals surface area contributed by atoms with Crippen molar-refractivity contribution in [1.29, 1.82) is 0 Å². The minimum absolute atomic E-state index is 0.919. The first kappa shape index (κ1) is 31.9.